The van der Waals surface area contributed by atoms with E-state index in [2.05, 4.69) is 194 Å². The van der Waals surface area contributed by atoms with Crippen LogP contribution in [-0.4, -0.2) is 0 Å². The molecule has 0 aromatic heterocycles. The first-order chi connectivity index (χ1) is 51.1. The summed E-state index contributed by atoms with van der Waals surface area (Å²) in [5.74, 6) is 13.5. The van der Waals surface area contributed by atoms with Gasteiger partial charge in [0.1, 0.15) is 0 Å². The van der Waals surface area contributed by atoms with E-state index >= 15 is 0 Å². The molecule has 7 spiro atoms. The van der Waals surface area contributed by atoms with Gasteiger partial charge in [-0.2, -0.15) is 0 Å². The highest BCUT2D eigenvalue weighted by atomic mass is 14.6. The maximum Gasteiger partial charge on any atom is -0.0243 e. The molecule has 0 saturated heterocycles. The minimum Gasteiger partial charge on any atom is -0.0625 e. The third-order valence-corrected chi connectivity index (χ3v) is 39.0. The second-order valence-electron chi connectivity index (χ2n) is 53.1. The molecule has 110 heavy (non-hydrogen) atoms. The molecule has 0 heterocycles. The first kappa shape index (κ1) is 95.5. The van der Waals surface area contributed by atoms with Gasteiger partial charge in [0.15, 0.2) is 0 Å². The zero-order chi connectivity index (χ0) is 81.3. The monoisotopic (exact) mass is 1530 g/mol. The standard InChI is InChI=1S/5C16H30.2C15H28/c1-13(2)14-6-10-16(11-7-14)9-5-8-15(3,4)12-16;1-13(2)14-5-7-16(8-6-14)11-9-15(3,4)10-12-16;1-13(2)14-7-5-9-16(11-14)10-6-8-15(3,4)12-16;1-13(2)14-8-7-11-16(12-14)10-6-5-9-15(16,3)4;1-13(2)14-6-5-7-16(12-14)10-8-15(3,4)9-11-16;1-12(2)13-5-7-15(8-6-13)10-9-14(3,4)11-15;1-12(2)13-7-5-9-15(11-13)10-6-8-14(15,3)4/h5*13-14H,5-12H2,1-4H3;2*12-13H,5-11H2,1-4H3. The van der Waals surface area contributed by atoms with Crippen LogP contribution in [0, 0.1) is 159 Å². The van der Waals surface area contributed by atoms with Gasteiger partial charge in [-0.25, -0.2) is 0 Å². The predicted octanol–water partition coefficient (Wildman–Crippen LogP) is 37.2. The number of hydrogen-bond acceptors (Lipinski definition) is 0. The van der Waals surface area contributed by atoms with Gasteiger partial charge in [0, 0.05) is 0 Å². The molecule has 7 unspecified atom stereocenters. The Morgan fingerprint density at radius 3 is 0.745 bits per heavy atom. The molecule has 7 atom stereocenters. The molecular weight excluding hydrogens is 1320 g/mol. The van der Waals surface area contributed by atoms with Crippen molar-refractivity contribution in [2.75, 3.05) is 0 Å². The molecule has 0 aliphatic heterocycles. The highest BCUT2D eigenvalue weighted by molar-refractivity contribution is 5.04. The Bertz CT molecular complexity index is 2590. The summed E-state index contributed by atoms with van der Waals surface area (Å²) in [4.78, 5) is 0. The van der Waals surface area contributed by atoms with Crippen LogP contribution in [0.15, 0.2) is 0 Å². The van der Waals surface area contributed by atoms with Crippen LogP contribution in [-0.2, 0) is 0 Å². The van der Waals surface area contributed by atoms with Gasteiger partial charge >= 0.3 is 0 Å². The summed E-state index contributed by atoms with van der Waals surface area (Å²) in [6.45, 7) is 68.8. The smallest absolute Gasteiger partial charge is 0.0243 e. The first-order valence-corrected chi connectivity index (χ1v) is 51.1. The molecular formula is C110H206. The van der Waals surface area contributed by atoms with Gasteiger partial charge in [-0.3, -0.25) is 0 Å². The van der Waals surface area contributed by atoms with Crippen LogP contribution in [0.2, 0.25) is 0 Å². The van der Waals surface area contributed by atoms with E-state index in [1.807, 2.05) is 0 Å². The maximum atomic E-state index is 2.55. The second kappa shape index (κ2) is 39.2. The zero-order valence-electron chi connectivity index (χ0n) is 81.3. The Morgan fingerprint density at radius 2 is 0.400 bits per heavy atom. The van der Waals surface area contributed by atoms with Gasteiger partial charge in [-0.05, 0) is 422 Å². The van der Waals surface area contributed by atoms with Crippen molar-refractivity contribution in [3.63, 3.8) is 0 Å². The molecule has 0 aromatic carbocycles. The quantitative estimate of drug-likeness (QED) is 0.238. The van der Waals surface area contributed by atoms with Crippen LogP contribution < -0.4 is 0 Å². The Labute approximate surface area is 694 Å². The van der Waals surface area contributed by atoms with Crippen molar-refractivity contribution >= 4 is 0 Å². The van der Waals surface area contributed by atoms with Crippen molar-refractivity contribution < 1.29 is 0 Å². The van der Waals surface area contributed by atoms with Crippen molar-refractivity contribution in [3.8, 4) is 0 Å². The van der Waals surface area contributed by atoms with Gasteiger partial charge in [0.2, 0.25) is 0 Å². The van der Waals surface area contributed by atoms with Crippen LogP contribution in [0.4, 0.5) is 0 Å². The van der Waals surface area contributed by atoms with Crippen molar-refractivity contribution in [1.82, 2.24) is 0 Å². The van der Waals surface area contributed by atoms with Crippen molar-refractivity contribution in [3.05, 3.63) is 0 Å². The first-order valence-electron chi connectivity index (χ1n) is 51.1. The molecule has 0 N–H and O–H groups in total. The third-order valence-electron chi connectivity index (χ3n) is 39.0. The van der Waals surface area contributed by atoms with Crippen LogP contribution in [0.25, 0.3) is 0 Å². The lowest BCUT2D eigenvalue weighted by Gasteiger charge is -2.55. The summed E-state index contributed by atoms with van der Waals surface area (Å²) in [5, 5.41) is 0. The lowest BCUT2D eigenvalue weighted by Crippen LogP contribution is -2.44. The average Bonchev–Trinajstić information content (AvgIpc) is 1.42. The maximum absolute atomic E-state index is 2.55. The van der Waals surface area contributed by atoms with E-state index < -0.39 is 0 Å². The van der Waals surface area contributed by atoms with Crippen LogP contribution >= 0.6 is 0 Å². The minimum atomic E-state index is 0.610. The summed E-state index contributed by atoms with van der Waals surface area (Å²) in [7, 11) is 0. The molecule has 0 amide bonds. The third kappa shape index (κ3) is 26.5. The zero-order valence-corrected chi connectivity index (χ0v) is 81.3. The molecule has 0 radical (unpaired) electrons. The normalized spacial score (nSPS) is 34.5. The second-order valence-corrected chi connectivity index (χ2v) is 53.1. The van der Waals surface area contributed by atoms with Crippen LogP contribution in [0.3, 0.4) is 0 Å². The van der Waals surface area contributed by atoms with Crippen molar-refractivity contribution in [1.29, 1.82) is 0 Å². The molecule has 646 valence electrons. The van der Waals surface area contributed by atoms with E-state index in [9.17, 15) is 0 Å². The molecule has 14 aliphatic carbocycles. The average molecular weight is 1530 g/mol. The molecule has 14 fully saturated rings. The minimum absolute atomic E-state index is 0.610. The highest BCUT2D eigenvalue weighted by Gasteiger charge is 2.53. The fourth-order valence-electron chi connectivity index (χ4n) is 29.8. The Hall–Kier alpha value is 0. The summed E-state index contributed by atoms with van der Waals surface area (Å²) in [6.07, 6.45) is 81.3. The molecule has 14 aliphatic rings. The van der Waals surface area contributed by atoms with Crippen LogP contribution in [0.1, 0.15) is 541 Å². The molecule has 0 heteroatoms. The molecule has 0 bridgehead atoms. The number of hydrogen-bond donors (Lipinski definition) is 0. The van der Waals surface area contributed by atoms with E-state index in [1.54, 1.807) is 6.42 Å². The van der Waals surface area contributed by atoms with E-state index in [-0.39, 0.29) is 0 Å². The van der Waals surface area contributed by atoms with Crippen molar-refractivity contribution in [2.24, 2.45) is 159 Å². The fraction of sp³-hybridized carbons (Fsp3) is 1.00. The van der Waals surface area contributed by atoms with Gasteiger partial charge in [0.25, 0.3) is 0 Å². The van der Waals surface area contributed by atoms with Gasteiger partial charge in [-0.1, -0.05) is 277 Å². The summed E-state index contributed by atoms with van der Waals surface area (Å²) < 4.78 is 0. The van der Waals surface area contributed by atoms with E-state index in [0.29, 0.717) is 43.3 Å². The highest BCUT2D eigenvalue weighted by Crippen LogP contribution is 2.65. The Morgan fingerprint density at radius 1 is 0.164 bits per heavy atom. The van der Waals surface area contributed by atoms with Crippen molar-refractivity contribution in [2.45, 2.75) is 541 Å². The predicted molar refractivity (Wildman–Crippen MR) is 491 cm³/mol. The lowest BCUT2D eigenvalue weighted by atomic mass is 9.50. The largest absolute Gasteiger partial charge is 0.0625 e. The van der Waals surface area contributed by atoms with E-state index in [4.69, 9.17) is 0 Å². The SMILES string of the molecule is CC(C)C1CCC2(CC1)CCC(C)(C)C2.CC(C)C1CCC2(CC1)CCC(C)(C)CC2.CC(C)C1CCC2(CCCC(C)(C)C2)CC1.CC(C)C1CCCC2(CCC(C)(C)CC2)C1.CC(C)C1CCCC2(CCCC(C)(C)C2)C1.CC(C)C1CCCC2(CCCC2(C)C)C1.CC(C)C1CCCC2(CCCCC2(C)C)C1. The fourth-order valence-corrected chi connectivity index (χ4v) is 29.8. The lowest BCUT2D eigenvalue weighted by molar-refractivity contribution is -0.0442. The van der Waals surface area contributed by atoms with Gasteiger partial charge < -0.3 is 0 Å². The molecule has 0 nitrogen and oxygen atoms in total. The molecule has 14 rings (SSSR count). The Kier molecular flexibility index (Phi) is 34.1. The van der Waals surface area contributed by atoms with Gasteiger partial charge in [-0.15, -0.1) is 0 Å². The van der Waals surface area contributed by atoms with Gasteiger partial charge in [0.05, 0.1) is 0 Å². The van der Waals surface area contributed by atoms with E-state index in [0.717, 1.165) is 115 Å². The summed E-state index contributed by atoms with van der Waals surface area (Å²) in [6, 6.07) is 0. The summed E-state index contributed by atoms with van der Waals surface area (Å²) in [5.41, 5.74) is 9.65. The summed E-state index contributed by atoms with van der Waals surface area (Å²) >= 11 is 0. The molecule has 0 aromatic rings. The van der Waals surface area contributed by atoms with E-state index in [1.165, 1.54) is 340 Å². The molecule has 14 saturated carbocycles. The Balaban J connectivity index is 0.000000161. The topological polar surface area (TPSA) is 0 Å². The van der Waals surface area contributed by atoms with Crippen LogP contribution in [0.5, 0.6) is 0 Å². The number of rotatable bonds is 7.